The van der Waals surface area contributed by atoms with Crippen molar-refractivity contribution in [1.82, 2.24) is 0 Å². The van der Waals surface area contributed by atoms with E-state index in [9.17, 15) is 29.1 Å². The summed E-state index contributed by atoms with van der Waals surface area (Å²) in [5.41, 5.74) is 0. The van der Waals surface area contributed by atoms with E-state index in [1.807, 2.05) is 0 Å². The van der Waals surface area contributed by atoms with E-state index in [4.69, 9.17) is 23.7 Å². The molecular weight excluding hydrogens is 468 g/mol. The molecule has 1 unspecified atom stereocenters. The highest BCUT2D eigenvalue weighted by molar-refractivity contribution is 5.91. The highest BCUT2D eigenvalue weighted by Crippen LogP contribution is 2.30. The summed E-state index contributed by atoms with van der Waals surface area (Å²) < 4.78 is 31.6. The summed E-state index contributed by atoms with van der Waals surface area (Å²) in [7, 11) is 1.12. The van der Waals surface area contributed by atoms with Crippen molar-refractivity contribution in [3.8, 4) is 0 Å². The molecule has 0 spiro atoms. The summed E-state index contributed by atoms with van der Waals surface area (Å²) in [6.07, 6.45) is -4.26. The zero-order valence-corrected chi connectivity index (χ0v) is 20.4. The molecule has 0 bridgehead atoms. The van der Waals surface area contributed by atoms with Gasteiger partial charge in [0.15, 0.2) is 12.2 Å². The van der Waals surface area contributed by atoms with E-state index in [-0.39, 0.29) is 19.3 Å². The molecule has 0 radical (unpaired) electrons. The Balaban J connectivity index is 3.36. The number of carbonyl (C=O) groups is 5. The lowest BCUT2D eigenvalue weighted by Crippen LogP contribution is -2.63. The van der Waals surface area contributed by atoms with Crippen LogP contribution in [0.15, 0.2) is 12.2 Å². The fraction of sp³-hybridized carbons (Fsp3) is 0.696. The highest BCUT2D eigenvalue weighted by Gasteiger charge is 2.53. The zero-order chi connectivity index (χ0) is 26.4. The Morgan fingerprint density at radius 1 is 0.714 bits per heavy atom. The number of hydrogen-bond donors (Lipinski definition) is 1. The average molecular weight is 503 g/mol. The van der Waals surface area contributed by atoms with Crippen LogP contribution in [0.5, 0.6) is 0 Å². The molecular formula is C23H34O12. The van der Waals surface area contributed by atoms with Gasteiger partial charge in [0, 0.05) is 31.4 Å². The number of aliphatic hydroxyl groups excluding tert-OH is 1. The second kappa shape index (κ2) is 15.8. The first-order valence-corrected chi connectivity index (χ1v) is 11.5. The van der Waals surface area contributed by atoms with Crippen LogP contribution in [0.4, 0.5) is 0 Å². The molecule has 0 amide bonds. The minimum Gasteiger partial charge on any atom is -0.466 e. The average Bonchev–Trinajstić information content (AvgIpc) is 2.81. The Bertz CT molecular complexity index is 762. The van der Waals surface area contributed by atoms with Gasteiger partial charge in [0.25, 0.3) is 0 Å². The van der Waals surface area contributed by atoms with Crippen LogP contribution in [0.1, 0.15) is 59.3 Å². The van der Waals surface area contributed by atoms with Crippen LogP contribution < -0.4 is 0 Å². The van der Waals surface area contributed by atoms with Crippen molar-refractivity contribution < 1.29 is 57.5 Å². The highest BCUT2D eigenvalue weighted by atomic mass is 16.7. The SMILES string of the molecule is CCCC(=O)O[C@H]1[C@H](OC(=O)CCC)[C@@H](OC(=O)CCC)C(OC(=O)/C=C/C(=O)OC)O[C@@H]1CO. The van der Waals surface area contributed by atoms with Crippen molar-refractivity contribution in [3.05, 3.63) is 12.2 Å². The lowest BCUT2D eigenvalue weighted by Gasteiger charge is -2.43. The normalized spacial score (nSPS) is 23.9. The van der Waals surface area contributed by atoms with E-state index >= 15 is 0 Å². The van der Waals surface area contributed by atoms with E-state index in [1.165, 1.54) is 0 Å². The van der Waals surface area contributed by atoms with Gasteiger partial charge in [-0.25, -0.2) is 9.59 Å². The minimum absolute atomic E-state index is 0.00124. The Labute approximate surface area is 203 Å². The summed E-state index contributed by atoms with van der Waals surface area (Å²) in [6, 6.07) is 0. The molecule has 12 heteroatoms. The molecule has 0 aromatic heterocycles. The van der Waals surface area contributed by atoms with Crippen LogP contribution in [-0.2, 0) is 52.4 Å². The minimum atomic E-state index is -1.65. The van der Waals surface area contributed by atoms with Gasteiger partial charge in [-0.15, -0.1) is 0 Å². The summed E-state index contributed by atoms with van der Waals surface area (Å²) in [6.45, 7) is 4.54. The van der Waals surface area contributed by atoms with Gasteiger partial charge in [0.2, 0.25) is 12.4 Å². The Hall–Kier alpha value is -2.99. The summed E-state index contributed by atoms with van der Waals surface area (Å²) in [4.78, 5) is 60.5. The molecule has 5 atom stereocenters. The molecule has 1 N–H and O–H groups in total. The van der Waals surface area contributed by atoms with Crippen molar-refractivity contribution in [3.63, 3.8) is 0 Å². The maximum Gasteiger partial charge on any atom is 0.333 e. The molecule has 1 rings (SSSR count). The molecule has 0 saturated carbocycles. The molecule has 0 aliphatic carbocycles. The van der Waals surface area contributed by atoms with Gasteiger partial charge in [0.05, 0.1) is 13.7 Å². The standard InChI is InChI=1S/C23H34O12/c1-5-8-16(26)32-20-14(13-24)31-23(35-19(29)12-11-15(25)30-4)22(34-18(28)10-7-3)21(20)33-17(27)9-6-2/h11-12,14,20-24H,5-10,13H2,1-4H3/b12-11+/t14-,20-,21+,22-,23?/m1/s1. The maximum atomic E-state index is 12.4. The molecule has 0 aromatic carbocycles. The number of ether oxygens (including phenoxy) is 6. The lowest BCUT2D eigenvalue weighted by molar-refractivity contribution is -0.299. The monoisotopic (exact) mass is 502 g/mol. The first-order valence-electron chi connectivity index (χ1n) is 11.5. The summed E-state index contributed by atoms with van der Waals surface area (Å²) in [5.74, 6) is -3.91. The molecule has 1 aliphatic rings. The van der Waals surface area contributed by atoms with Gasteiger partial charge in [-0.2, -0.15) is 0 Å². The van der Waals surface area contributed by atoms with Gasteiger partial charge >= 0.3 is 29.8 Å². The first-order chi connectivity index (χ1) is 16.7. The van der Waals surface area contributed by atoms with Crippen molar-refractivity contribution >= 4 is 29.8 Å². The van der Waals surface area contributed by atoms with Crippen LogP contribution in [0.3, 0.4) is 0 Å². The maximum absolute atomic E-state index is 12.4. The smallest absolute Gasteiger partial charge is 0.333 e. The van der Waals surface area contributed by atoms with E-state index in [1.54, 1.807) is 20.8 Å². The van der Waals surface area contributed by atoms with Crippen molar-refractivity contribution in [2.24, 2.45) is 0 Å². The summed E-state index contributed by atoms with van der Waals surface area (Å²) >= 11 is 0. The third-order valence-corrected chi connectivity index (χ3v) is 4.73. The Morgan fingerprint density at radius 3 is 1.63 bits per heavy atom. The summed E-state index contributed by atoms with van der Waals surface area (Å²) in [5, 5.41) is 9.89. The van der Waals surface area contributed by atoms with Gasteiger partial charge in [-0.3, -0.25) is 14.4 Å². The molecule has 1 heterocycles. The zero-order valence-electron chi connectivity index (χ0n) is 20.4. The van der Waals surface area contributed by atoms with E-state index in [0.717, 1.165) is 19.3 Å². The van der Waals surface area contributed by atoms with E-state index in [2.05, 4.69) is 4.74 Å². The molecule has 0 aromatic rings. The second-order valence-electron chi connectivity index (χ2n) is 7.63. The number of esters is 5. The van der Waals surface area contributed by atoms with Gasteiger partial charge in [-0.05, 0) is 19.3 Å². The van der Waals surface area contributed by atoms with Gasteiger partial charge in [0.1, 0.15) is 6.10 Å². The van der Waals surface area contributed by atoms with Gasteiger partial charge < -0.3 is 33.5 Å². The van der Waals surface area contributed by atoms with Crippen molar-refractivity contribution in [2.75, 3.05) is 13.7 Å². The molecule has 198 valence electrons. The Morgan fingerprint density at radius 2 is 1.17 bits per heavy atom. The quantitative estimate of drug-likeness (QED) is 0.217. The van der Waals surface area contributed by atoms with Crippen LogP contribution in [-0.4, -0.2) is 79.4 Å². The topological polar surface area (TPSA) is 161 Å². The predicted molar refractivity (Wildman–Crippen MR) is 117 cm³/mol. The largest absolute Gasteiger partial charge is 0.466 e. The second-order valence-corrected chi connectivity index (χ2v) is 7.63. The van der Waals surface area contributed by atoms with Gasteiger partial charge in [-0.1, -0.05) is 20.8 Å². The third-order valence-electron chi connectivity index (χ3n) is 4.73. The number of aliphatic hydroxyl groups is 1. The lowest BCUT2D eigenvalue weighted by atomic mass is 9.98. The van der Waals surface area contributed by atoms with E-state index < -0.39 is 67.2 Å². The van der Waals surface area contributed by atoms with E-state index in [0.29, 0.717) is 19.3 Å². The van der Waals surface area contributed by atoms with Crippen LogP contribution in [0, 0.1) is 0 Å². The first kappa shape index (κ1) is 30.0. The number of methoxy groups -OCH3 is 1. The molecule has 1 aliphatic heterocycles. The number of rotatable bonds is 13. The number of hydrogen-bond acceptors (Lipinski definition) is 12. The predicted octanol–water partition coefficient (Wildman–Crippen LogP) is 1.11. The van der Waals surface area contributed by atoms with Crippen molar-refractivity contribution in [2.45, 2.75) is 90.0 Å². The third kappa shape index (κ3) is 10.0. The molecule has 35 heavy (non-hydrogen) atoms. The molecule has 1 fully saturated rings. The number of carbonyl (C=O) groups excluding carboxylic acids is 5. The fourth-order valence-electron chi connectivity index (χ4n) is 3.12. The van der Waals surface area contributed by atoms with Crippen LogP contribution in [0.25, 0.3) is 0 Å². The molecule has 1 saturated heterocycles. The van der Waals surface area contributed by atoms with Crippen molar-refractivity contribution in [1.29, 1.82) is 0 Å². The van der Waals surface area contributed by atoms with Crippen LogP contribution >= 0.6 is 0 Å². The fourth-order valence-corrected chi connectivity index (χ4v) is 3.12. The molecule has 12 nitrogen and oxygen atoms in total. The van der Waals surface area contributed by atoms with Crippen LogP contribution in [0.2, 0.25) is 0 Å². The Kier molecular flexibility index (Phi) is 13.6.